The van der Waals surface area contributed by atoms with Gasteiger partial charge in [0.1, 0.15) is 5.82 Å². The van der Waals surface area contributed by atoms with E-state index in [0.29, 0.717) is 11.2 Å². The lowest BCUT2D eigenvalue weighted by Gasteiger charge is -2.36. The number of piperazine rings is 1. The molecule has 2 aromatic rings. The molecule has 0 bridgehead atoms. The van der Waals surface area contributed by atoms with Gasteiger partial charge in [-0.15, -0.1) is 0 Å². The number of nitrogens with one attached hydrogen (secondary N) is 2. The van der Waals surface area contributed by atoms with Crippen LogP contribution in [0.2, 0.25) is 0 Å². The first-order valence-corrected chi connectivity index (χ1v) is 11.3. The highest BCUT2D eigenvalue weighted by Crippen LogP contribution is 2.20. The van der Waals surface area contributed by atoms with Gasteiger partial charge in [-0.25, -0.2) is 4.98 Å². The average Bonchev–Trinajstić information content (AvgIpc) is 3.04. The number of para-hydroxylation sites is 1. The fraction of sp³-hybridized carbons (Fsp3) is 0.478. The zero-order valence-electron chi connectivity index (χ0n) is 17.0. The smallest absolute Gasteiger partial charge is 0.171 e. The highest BCUT2D eigenvalue weighted by atomic mass is 32.1. The van der Waals surface area contributed by atoms with Gasteiger partial charge in [0.2, 0.25) is 0 Å². The maximum atomic E-state index is 5.51. The van der Waals surface area contributed by atoms with Crippen molar-refractivity contribution in [3.63, 3.8) is 0 Å². The molecule has 1 saturated heterocycles. The highest BCUT2D eigenvalue weighted by Gasteiger charge is 2.18. The number of nitrogens with zero attached hydrogens (tertiary/aromatic N) is 3. The minimum absolute atomic E-state index is 0.505. The van der Waals surface area contributed by atoms with Crippen molar-refractivity contribution in [1.29, 1.82) is 0 Å². The van der Waals surface area contributed by atoms with E-state index in [9.17, 15) is 0 Å². The maximum Gasteiger partial charge on any atom is 0.171 e. The Morgan fingerprint density at radius 3 is 2.21 bits per heavy atom. The molecule has 2 fully saturated rings. The number of pyridine rings is 1. The molecule has 1 aliphatic heterocycles. The van der Waals surface area contributed by atoms with E-state index in [1.165, 1.54) is 44.2 Å². The van der Waals surface area contributed by atoms with Gasteiger partial charge in [0, 0.05) is 37.9 Å². The number of thiocarbonyl (C=S) groups is 1. The van der Waals surface area contributed by atoms with Gasteiger partial charge in [-0.3, -0.25) is 0 Å². The van der Waals surface area contributed by atoms with Gasteiger partial charge in [-0.1, -0.05) is 43.9 Å². The van der Waals surface area contributed by atoms with E-state index in [1.807, 2.05) is 6.20 Å². The van der Waals surface area contributed by atoms with Crippen molar-refractivity contribution in [3.05, 3.63) is 48.7 Å². The van der Waals surface area contributed by atoms with Gasteiger partial charge >= 0.3 is 0 Å². The number of hydrogen-bond acceptors (Lipinski definition) is 4. The largest absolute Gasteiger partial charge is 0.368 e. The second-order valence-electron chi connectivity index (χ2n) is 8.00. The summed E-state index contributed by atoms with van der Waals surface area (Å²) in [6.07, 6.45) is 9.62. The second-order valence-corrected chi connectivity index (χ2v) is 8.41. The third-order valence-corrected chi connectivity index (χ3v) is 6.14. The topological polar surface area (TPSA) is 43.4 Å². The summed E-state index contributed by atoms with van der Waals surface area (Å²) in [5.41, 5.74) is 2.25. The molecule has 29 heavy (non-hydrogen) atoms. The van der Waals surface area contributed by atoms with E-state index >= 15 is 0 Å². The molecule has 0 atom stereocenters. The molecule has 6 heteroatoms. The van der Waals surface area contributed by atoms with Gasteiger partial charge in [0.05, 0.1) is 11.9 Å². The number of anilines is 3. The summed E-state index contributed by atoms with van der Waals surface area (Å²) in [4.78, 5) is 9.46. The standard InChI is InChI=1S/C23H31N5S/c29-23(25-19-8-4-1-2-5-9-19)26-20-12-13-22(24-18-20)28-16-14-27(15-17-28)21-10-6-3-7-11-21/h3,6-7,10-13,18-19H,1-2,4-5,8-9,14-17H2,(H2,25,26,29). The molecule has 5 nitrogen and oxygen atoms in total. The molecule has 154 valence electrons. The monoisotopic (exact) mass is 409 g/mol. The zero-order chi connectivity index (χ0) is 19.9. The number of rotatable bonds is 4. The lowest BCUT2D eigenvalue weighted by atomic mass is 10.1. The molecule has 1 saturated carbocycles. The third kappa shape index (κ3) is 5.60. The van der Waals surface area contributed by atoms with Gasteiger partial charge in [-0.05, 0) is 49.3 Å². The van der Waals surface area contributed by atoms with E-state index in [2.05, 4.69) is 67.9 Å². The molecule has 0 amide bonds. The summed E-state index contributed by atoms with van der Waals surface area (Å²) in [5, 5.41) is 7.49. The van der Waals surface area contributed by atoms with Crippen molar-refractivity contribution < 1.29 is 0 Å². The SMILES string of the molecule is S=C(Nc1ccc(N2CCN(c3ccccc3)CC2)nc1)NC1CCCCCC1. The van der Waals surface area contributed by atoms with Crippen LogP contribution in [0.3, 0.4) is 0 Å². The Labute approximate surface area is 179 Å². The Bertz CT molecular complexity index is 764. The summed E-state index contributed by atoms with van der Waals surface area (Å²) in [6.45, 7) is 3.99. The molecule has 2 aliphatic rings. The minimum Gasteiger partial charge on any atom is -0.368 e. The Kier molecular flexibility index (Phi) is 6.83. The summed E-state index contributed by atoms with van der Waals surface area (Å²) in [5.74, 6) is 1.03. The molecule has 1 aromatic carbocycles. The van der Waals surface area contributed by atoms with Crippen LogP contribution in [0.1, 0.15) is 38.5 Å². The van der Waals surface area contributed by atoms with Gasteiger partial charge in [0.25, 0.3) is 0 Å². The van der Waals surface area contributed by atoms with Crippen LogP contribution in [-0.4, -0.2) is 42.3 Å². The predicted octanol–water partition coefficient (Wildman–Crippen LogP) is 4.42. The Hall–Kier alpha value is -2.34. The fourth-order valence-electron chi connectivity index (χ4n) is 4.26. The molecular weight excluding hydrogens is 378 g/mol. The quantitative estimate of drug-likeness (QED) is 0.576. The van der Waals surface area contributed by atoms with E-state index in [1.54, 1.807) is 0 Å². The van der Waals surface area contributed by atoms with Gasteiger partial charge in [0.15, 0.2) is 5.11 Å². The summed E-state index contributed by atoms with van der Waals surface area (Å²) < 4.78 is 0. The molecule has 0 radical (unpaired) electrons. The maximum absolute atomic E-state index is 5.51. The fourth-order valence-corrected chi connectivity index (χ4v) is 4.54. The molecule has 2 heterocycles. The van der Waals surface area contributed by atoms with Crippen LogP contribution in [0.5, 0.6) is 0 Å². The van der Waals surface area contributed by atoms with E-state index < -0.39 is 0 Å². The summed E-state index contributed by atoms with van der Waals surface area (Å²) >= 11 is 5.51. The lowest BCUT2D eigenvalue weighted by molar-refractivity contribution is 0.535. The van der Waals surface area contributed by atoms with Crippen LogP contribution in [0.25, 0.3) is 0 Å². The minimum atomic E-state index is 0.505. The van der Waals surface area contributed by atoms with Crippen LogP contribution >= 0.6 is 12.2 Å². The second kappa shape index (κ2) is 9.92. The van der Waals surface area contributed by atoms with E-state index in [0.717, 1.165) is 37.7 Å². The predicted molar refractivity (Wildman–Crippen MR) is 126 cm³/mol. The van der Waals surface area contributed by atoms with Crippen LogP contribution in [0.15, 0.2) is 48.7 Å². The van der Waals surface area contributed by atoms with E-state index in [-0.39, 0.29) is 0 Å². The average molecular weight is 410 g/mol. The van der Waals surface area contributed by atoms with Crippen LogP contribution in [0, 0.1) is 0 Å². The first kappa shape index (κ1) is 20.0. The Balaban J connectivity index is 1.26. The first-order valence-electron chi connectivity index (χ1n) is 10.9. The Morgan fingerprint density at radius 2 is 1.55 bits per heavy atom. The molecule has 0 unspecified atom stereocenters. The van der Waals surface area contributed by atoms with Gasteiger partial charge in [-0.2, -0.15) is 0 Å². The summed E-state index contributed by atoms with van der Waals surface area (Å²) in [7, 11) is 0. The van der Waals surface area contributed by atoms with Crippen molar-refractivity contribution in [2.24, 2.45) is 0 Å². The van der Waals surface area contributed by atoms with Crippen LogP contribution < -0.4 is 20.4 Å². The van der Waals surface area contributed by atoms with Gasteiger partial charge < -0.3 is 20.4 Å². The summed E-state index contributed by atoms with van der Waals surface area (Å²) in [6, 6.07) is 15.3. The molecule has 1 aromatic heterocycles. The molecule has 2 N–H and O–H groups in total. The van der Waals surface area contributed by atoms with Crippen molar-refractivity contribution in [2.45, 2.75) is 44.6 Å². The number of aromatic nitrogens is 1. The number of hydrogen-bond donors (Lipinski definition) is 2. The zero-order valence-corrected chi connectivity index (χ0v) is 17.8. The molecule has 0 spiro atoms. The first-order chi connectivity index (χ1) is 14.3. The van der Waals surface area contributed by atoms with Crippen molar-refractivity contribution in [2.75, 3.05) is 41.3 Å². The normalized spacial score (nSPS) is 18.2. The van der Waals surface area contributed by atoms with Crippen LogP contribution in [-0.2, 0) is 0 Å². The highest BCUT2D eigenvalue weighted by molar-refractivity contribution is 7.80. The Morgan fingerprint density at radius 1 is 0.862 bits per heavy atom. The van der Waals surface area contributed by atoms with Crippen molar-refractivity contribution >= 4 is 34.5 Å². The van der Waals surface area contributed by atoms with Crippen LogP contribution in [0.4, 0.5) is 17.2 Å². The van der Waals surface area contributed by atoms with Crippen molar-refractivity contribution in [3.8, 4) is 0 Å². The molecular formula is C23H31N5S. The lowest BCUT2D eigenvalue weighted by Crippen LogP contribution is -2.46. The molecule has 1 aliphatic carbocycles. The molecule has 4 rings (SSSR count). The number of benzene rings is 1. The van der Waals surface area contributed by atoms with Crippen molar-refractivity contribution in [1.82, 2.24) is 10.3 Å². The van der Waals surface area contributed by atoms with E-state index in [4.69, 9.17) is 12.2 Å². The third-order valence-electron chi connectivity index (χ3n) is 5.92.